The number of fused-ring (bicyclic) bond motifs is 6. The van der Waals surface area contributed by atoms with Gasteiger partial charge in [-0.05, 0) is 75.8 Å². The van der Waals surface area contributed by atoms with Gasteiger partial charge in [0.2, 0.25) is 0 Å². The zero-order valence-electron chi connectivity index (χ0n) is 27.1. The van der Waals surface area contributed by atoms with Crippen LogP contribution in [0.5, 0.6) is 0 Å². The molecule has 1 aliphatic rings. The van der Waals surface area contributed by atoms with E-state index >= 15 is 0 Å². The van der Waals surface area contributed by atoms with Crippen LogP contribution in [0.1, 0.15) is 36.1 Å². The molecule has 9 rings (SSSR count). The minimum atomic E-state index is -0.472. The second-order valence-corrected chi connectivity index (χ2v) is 13.3. The number of para-hydroxylation sites is 2. The van der Waals surface area contributed by atoms with Gasteiger partial charge in [-0.1, -0.05) is 141 Å². The molecule has 1 aliphatic carbocycles. The van der Waals surface area contributed by atoms with Crippen LogP contribution in [-0.4, -0.2) is 0 Å². The molecule has 1 atom stereocenters. The Morgan fingerprint density at radius 2 is 0.979 bits per heavy atom. The molecule has 48 heavy (non-hydrogen) atoms. The van der Waals surface area contributed by atoms with Crippen LogP contribution in [-0.2, 0) is 10.8 Å². The summed E-state index contributed by atoms with van der Waals surface area (Å²) in [4.78, 5) is 2.35. The standard InChI is InChI=1S/C46H35NO/c1-45(2)41-25-12-9-22-37(41)38-23-10-13-26-42(38)46(45,32-16-5-3-6-17-32)33-18-15-21-35(30-33)47(34-19-7-4-8-20-34)36-28-29-40-39-24-11-14-27-43(39)48-44(40)31-36/h3-31H,1-2H3. The third-order valence-electron chi connectivity index (χ3n) is 10.5. The quantitative estimate of drug-likeness (QED) is 0.191. The first kappa shape index (κ1) is 28.4. The Hall–Kier alpha value is -5.86. The highest BCUT2D eigenvalue weighted by molar-refractivity contribution is 6.06. The van der Waals surface area contributed by atoms with Crippen LogP contribution >= 0.6 is 0 Å². The minimum absolute atomic E-state index is 0.289. The molecule has 0 spiro atoms. The zero-order valence-corrected chi connectivity index (χ0v) is 27.1. The van der Waals surface area contributed by atoms with Gasteiger partial charge in [-0.2, -0.15) is 0 Å². The van der Waals surface area contributed by atoms with Crippen molar-refractivity contribution in [3.05, 3.63) is 198 Å². The SMILES string of the molecule is CC1(C)c2ccccc2-c2ccccc2C1(c1ccccc1)c1cccc(N(c2ccccc2)c2ccc3c(c2)oc2ccccc23)c1. The molecule has 7 aromatic carbocycles. The van der Waals surface area contributed by atoms with E-state index in [0.29, 0.717) is 0 Å². The second kappa shape index (κ2) is 10.9. The van der Waals surface area contributed by atoms with Gasteiger partial charge in [0.15, 0.2) is 0 Å². The number of anilines is 3. The molecule has 0 saturated heterocycles. The largest absolute Gasteiger partial charge is 0.456 e. The lowest BCUT2D eigenvalue weighted by atomic mass is 9.49. The lowest BCUT2D eigenvalue weighted by Crippen LogP contribution is -2.49. The maximum atomic E-state index is 6.38. The van der Waals surface area contributed by atoms with Crippen molar-refractivity contribution >= 4 is 39.0 Å². The van der Waals surface area contributed by atoms with Gasteiger partial charge in [0.1, 0.15) is 11.2 Å². The van der Waals surface area contributed by atoms with E-state index in [-0.39, 0.29) is 5.41 Å². The lowest BCUT2D eigenvalue weighted by Gasteiger charge is -2.53. The first-order valence-corrected chi connectivity index (χ1v) is 16.7. The first-order valence-electron chi connectivity index (χ1n) is 16.7. The van der Waals surface area contributed by atoms with Crippen LogP contribution in [0.25, 0.3) is 33.1 Å². The van der Waals surface area contributed by atoms with Crippen LogP contribution in [0.15, 0.2) is 180 Å². The lowest BCUT2D eigenvalue weighted by molar-refractivity contribution is 0.353. The maximum absolute atomic E-state index is 6.38. The van der Waals surface area contributed by atoms with Gasteiger partial charge in [-0.3, -0.25) is 0 Å². The Balaban J connectivity index is 1.31. The minimum Gasteiger partial charge on any atom is -0.456 e. The third kappa shape index (κ3) is 4.06. The highest BCUT2D eigenvalue weighted by Gasteiger charge is 2.54. The van der Waals surface area contributed by atoms with Gasteiger partial charge in [-0.15, -0.1) is 0 Å². The molecule has 0 aliphatic heterocycles. The van der Waals surface area contributed by atoms with E-state index in [2.05, 4.69) is 183 Å². The van der Waals surface area contributed by atoms with Crippen molar-refractivity contribution in [2.75, 3.05) is 4.90 Å². The summed E-state index contributed by atoms with van der Waals surface area (Å²) in [7, 11) is 0. The molecule has 0 bridgehead atoms. The molecule has 1 unspecified atom stereocenters. The second-order valence-electron chi connectivity index (χ2n) is 13.3. The molecule has 0 saturated carbocycles. The number of hydrogen-bond acceptors (Lipinski definition) is 2. The van der Waals surface area contributed by atoms with Crippen molar-refractivity contribution in [1.29, 1.82) is 0 Å². The van der Waals surface area contributed by atoms with Crippen LogP contribution in [0.4, 0.5) is 17.1 Å². The summed E-state index contributed by atoms with van der Waals surface area (Å²) in [5.74, 6) is 0. The first-order chi connectivity index (χ1) is 23.6. The Kier molecular flexibility index (Phi) is 6.42. The average Bonchev–Trinajstić information content (AvgIpc) is 3.51. The number of rotatable bonds is 5. The van der Waals surface area contributed by atoms with Crippen LogP contribution in [0, 0.1) is 0 Å². The zero-order chi connectivity index (χ0) is 32.3. The molecular formula is C46H35NO. The topological polar surface area (TPSA) is 16.4 Å². The Bertz CT molecular complexity index is 2440. The Morgan fingerprint density at radius 3 is 1.77 bits per heavy atom. The molecule has 1 aromatic heterocycles. The number of furan rings is 1. The molecule has 0 radical (unpaired) electrons. The summed E-state index contributed by atoms with van der Waals surface area (Å²) in [6, 6.07) is 63.8. The normalized spacial score (nSPS) is 16.4. The van der Waals surface area contributed by atoms with E-state index in [4.69, 9.17) is 4.42 Å². The van der Waals surface area contributed by atoms with Gasteiger partial charge in [0.25, 0.3) is 0 Å². The monoisotopic (exact) mass is 617 g/mol. The van der Waals surface area contributed by atoms with Crippen molar-refractivity contribution in [3.63, 3.8) is 0 Å². The smallest absolute Gasteiger partial charge is 0.137 e. The van der Waals surface area contributed by atoms with E-state index in [0.717, 1.165) is 39.0 Å². The van der Waals surface area contributed by atoms with E-state index in [1.165, 1.54) is 33.4 Å². The Morgan fingerprint density at radius 1 is 0.417 bits per heavy atom. The summed E-state index contributed by atoms with van der Waals surface area (Å²) >= 11 is 0. The Labute approximate surface area is 281 Å². The van der Waals surface area contributed by atoms with E-state index in [9.17, 15) is 0 Å². The van der Waals surface area contributed by atoms with Crippen LogP contribution in [0.3, 0.4) is 0 Å². The van der Waals surface area contributed by atoms with Gasteiger partial charge in [0.05, 0.1) is 5.41 Å². The summed E-state index contributed by atoms with van der Waals surface area (Å²) in [5, 5.41) is 2.26. The average molecular weight is 618 g/mol. The molecule has 0 fully saturated rings. The van der Waals surface area contributed by atoms with E-state index < -0.39 is 5.41 Å². The molecule has 230 valence electrons. The fourth-order valence-corrected chi connectivity index (χ4v) is 8.49. The molecule has 0 N–H and O–H groups in total. The van der Waals surface area contributed by atoms with Gasteiger partial charge >= 0.3 is 0 Å². The molecule has 2 heteroatoms. The summed E-state index contributed by atoms with van der Waals surface area (Å²) in [6.07, 6.45) is 0. The fourth-order valence-electron chi connectivity index (χ4n) is 8.49. The molecule has 1 heterocycles. The summed E-state index contributed by atoms with van der Waals surface area (Å²) < 4.78 is 6.38. The highest BCUT2D eigenvalue weighted by atomic mass is 16.3. The molecule has 2 nitrogen and oxygen atoms in total. The van der Waals surface area contributed by atoms with E-state index in [1.807, 2.05) is 12.1 Å². The van der Waals surface area contributed by atoms with Gasteiger partial charge < -0.3 is 9.32 Å². The maximum Gasteiger partial charge on any atom is 0.137 e. The molecule has 0 amide bonds. The number of nitrogens with zero attached hydrogens (tertiary/aromatic N) is 1. The summed E-state index contributed by atoms with van der Waals surface area (Å²) in [5.41, 5.74) is 12.1. The van der Waals surface area contributed by atoms with Crippen LogP contribution in [0.2, 0.25) is 0 Å². The van der Waals surface area contributed by atoms with Crippen molar-refractivity contribution in [1.82, 2.24) is 0 Å². The van der Waals surface area contributed by atoms with Gasteiger partial charge in [-0.25, -0.2) is 0 Å². The van der Waals surface area contributed by atoms with Crippen molar-refractivity contribution in [3.8, 4) is 11.1 Å². The third-order valence-corrected chi connectivity index (χ3v) is 10.5. The van der Waals surface area contributed by atoms with Crippen LogP contribution < -0.4 is 4.90 Å². The predicted molar refractivity (Wildman–Crippen MR) is 200 cm³/mol. The number of benzene rings is 7. The van der Waals surface area contributed by atoms with Crippen molar-refractivity contribution in [2.45, 2.75) is 24.7 Å². The number of hydrogen-bond donors (Lipinski definition) is 0. The fraction of sp³-hybridized carbons (Fsp3) is 0.0870. The summed E-state index contributed by atoms with van der Waals surface area (Å²) in [6.45, 7) is 4.85. The highest BCUT2D eigenvalue weighted by Crippen LogP contribution is 2.60. The van der Waals surface area contributed by atoms with Crippen molar-refractivity contribution < 1.29 is 4.42 Å². The van der Waals surface area contributed by atoms with Crippen molar-refractivity contribution in [2.24, 2.45) is 0 Å². The predicted octanol–water partition coefficient (Wildman–Crippen LogP) is 12.3. The molecular weight excluding hydrogens is 583 g/mol. The molecule has 8 aromatic rings. The van der Waals surface area contributed by atoms with E-state index in [1.54, 1.807) is 0 Å². The van der Waals surface area contributed by atoms with Gasteiger partial charge in [0, 0.05) is 39.3 Å².